The first-order chi connectivity index (χ1) is 6.95. The van der Waals surface area contributed by atoms with Crippen LogP contribution in [0.5, 0.6) is 0 Å². The Bertz CT molecular complexity index is 405. The van der Waals surface area contributed by atoms with Crippen LogP contribution in [-0.2, 0) is 0 Å². The summed E-state index contributed by atoms with van der Waals surface area (Å²) in [7, 11) is -0.699. The van der Waals surface area contributed by atoms with Gasteiger partial charge in [0.15, 0.2) is 0 Å². The fraction of sp³-hybridized carbons (Fsp3) is 0. The quantitative estimate of drug-likeness (QED) is 0.446. The van der Waals surface area contributed by atoms with Crippen molar-refractivity contribution in [3.05, 3.63) is 65.4 Å². The van der Waals surface area contributed by atoms with Crippen molar-refractivity contribution >= 4 is 8.40 Å². The van der Waals surface area contributed by atoms with Crippen molar-refractivity contribution in [1.82, 2.24) is 0 Å². The number of rotatable bonds is 0. The highest BCUT2D eigenvalue weighted by atomic mass is 28.2. The minimum atomic E-state index is -0.699. The van der Waals surface area contributed by atoms with E-state index < -0.39 is 8.40 Å². The average Bonchev–Trinajstić information content (AvgIpc) is 2.29. The predicted molar refractivity (Wildman–Crippen MR) is 61.1 cm³/mol. The van der Waals surface area contributed by atoms with Crippen molar-refractivity contribution in [3.8, 4) is 11.5 Å². The Hall–Kier alpha value is -1.65. The fourth-order valence-corrected chi connectivity index (χ4v) is 2.39. The molecule has 0 unspecified atom stereocenters. The highest BCUT2D eigenvalue weighted by molar-refractivity contribution is 6.59. The molecule has 1 aromatic carbocycles. The van der Waals surface area contributed by atoms with Gasteiger partial charge in [-0.25, -0.2) is 0 Å². The molecule has 2 rings (SSSR count). The van der Waals surface area contributed by atoms with E-state index in [2.05, 4.69) is 35.0 Å². The van der Waals surface area contributed by atoms with Gasteiger partial charge in [0, 0.05) is 5.56 Å². The van der Waals surface area contributed by atoms with Crippen LogP contribution in [0.15, 0.2) is 59.9 Å². The lowest BCUT2D eigenvalue weighted by Crippen LogP contribution is -1.88. The first-order valence-electron chi connectivity index (χ1n) is 4.57. The summed E-state index contributed by atoms with van der Waals surface area (Å²) >= 11 is 0. The van der Waals surface area contributed by atoms with Crippen LogP contribution >= 0.6 is 0 Å². The molecule has 0 aliphatic carbocycles. The van der Waals surface area contributed by atoms with Gasteiger partial charge in [-0.05, 0) is 12.1 Å². The maximum absolute atomic E-state index is 3.30. The van der Waals surface area contributed by atoms with Crippen molar-refractivity contribution in [3.63, 3.8) is 0 Å². The molecule has 0 amide bonds. The van der Waals surface area contributed by atoms with Gasteiger partial charge in [-0.15, -0.1) is 0 Å². The summed E-state index contributed by atoms with van der Waals surface area (Å²) in [5, 5.41) is 0. The smallest absolute Gasteiger partial charge is 0.0981 e. The van der Waals surface area contributed by atoms with Gasteiger partial charge in [-0.3, -0.25) is 0 Å². The molecule has 0 N–H and O–H groups in total. The third-order valence-electron chi connectivity index (χ3n) is 1.90. The molecule has 0 bridgehead atoms. The fourth-order valence-electron chi connectivity index (χ4n) is 1.19. The molecule has 0 saturated heterocycles. The third kappa shape index (κ3) is 2.42. The number of hydrogen-bond donors (Lipinski definition) is 0. The van der Waals surface area contributed by atoms with Gasteiger partial charge in [0.2, 0.25) is 0 Å². The molecule has 0 atom stereocenters. The van der Waals surface area contributed by atoms with Crippen molar-refractivity contribution < 1.29 is 0 Å². The largest absolute Gasteiger partial charge is 0.131 e. The van der Waals surface area contributed by atoms with Crippen molar-refractivity contribution in [1.29, 1.82) is 0 Å². The Morgan fingerprint density at radius 3 is 2.14 bits per heavy atom. The first-order valence-corrected chi connectivity index (χ1v) is 6.23. The summed E-state index contributed by atoms with van der Waals surface area (Å²) in [5.74, 6) is 3.19. The van der Waals surface area contributed by atoms with Crippen LogP contribution in [-0.4, -0.2) is 8.40 Å². The van der Waals surface area contributed by atoms with Crippen LogP contribution in [0.4, 0.5) is 0 Å². The second-order valence-electron chi connectivity index (χ2n) is 2.98. The summed E-state index contributed by atoms with van der Waals surface area (Å²) in [6.45, 7) is 0. The lowest BCUT2D eigenvalue weighted by atomic mass is 10.2. The minimum absolute atomic E-state index is 0.699. The molecule has 14 heavy (non-hydrogen) atoms. The lowest BCUT2D eigenvalue weighted by Gasteiger charge is -1.87. The maximum Gasteiger partial charge on any atom is 0.131 e. The second-order valence-corrected chi connectivity index (χ2v) is 4.81. The lowest BCUT2D eigenvalue weighted by molar-refractivity contribution is 1.65. The van der Waals surface area contributed by atoms with Gasteiger partial charge >= 0.3 is 0 Å². The summed E-state index contributed by atoms with van der Waals surface area (Å²) in [6.07, 6.45) is 0. The standard InChI is InChI=1S/C13H10Si/c1-3-7-13(8-4-1)9-12-14-10-5-2-6-11-14/h1-8,10-11H. The van der Waals surface area contributed by atoms with E-state index in [4.69, 9.17) is 0 Å². The van der Waals surface area contributed by atoms with Crippen molar-refractivity contribution in [2.75, 3.05) is 0 Å². The second kappa shape index (κ2) is 4.55. The molecule has 1 heteroatoms. The monoisotopic (exact) mass is 194 g/mol. The first kappa shape index (κ1) is 8.92. The molecular weight excluding hydrogens is 184 g/mol. The average molecular weight is 194 g/mol. The van der Waals surface area contributed by atoms with Crippen LogP contribution in [0.2, 0.25) is 0 Å². The molecule has 0 nitrogen and oxygen atoms in total. The SMILES string of the molecule is C(#C[si]1ccccc1)c1ccccc1. The van der Waals surface area contributed by atoms with Crippen LogP contribution in [0.25, 0.3) is 0 Å². The Balaban J connectivity index is 2.24. The third-order valence-corrected chi connectivity index (χ3v) is 3.42. The Kier molecular flexibility index (Phi) is 2.90. The van der Waals surface area contributed by atoms with Crippen LogP contribution in [0, 0.1) is 11.5 Å². The van der Waals surface area contributed by atoms with E-state index in [9.17, 15) is 0 Å². The van der Waals surface area contributed by atoms with Crippen molar-refractivity contribution in [2.45, 2.75) is 0 Å². The van der Waals surface area contributed by atoms with E-state index in [0.29, 0.717) is 0 Å². The summed E-state index contributed by atoms with van der Waals surface area (Å²) in [5.41, 5.74) is 8.78. The molecule has 66 valence electrons. The van der Waals surface area contributed by atoms with E-state index in [1.165, 1.54) is 0 Å². The number of benzene rings is 1. The number of hydrogen-bond acceptors (Lipinski definition) is 0. The summed E-state index contributed by atoms with van der Waals surface area (Å²) in [6, 6.07) is 16.3. The van der Waals surface area contributed by atoms with Crippen LogP contribution in [0.1, 0.15) is 5.56 Å². The Morgan fingerprint density at radius 2 is 1.43 bits per heavy atom. The van der Waals surface area contributed by atoms with Gasteiger partial charge in [-0.2, -0.15) is 0 Å². The molecule has 0 spiro atoms. The van der Waals surface area contributed by atoms with Gasteiger partial charge in [0.25, 0.3) is 0 Å². The zero-order chi connectivity index (χ0) is 9.64. The summed E-state index contributed by atoms with van der Waals surface area (Å²) in [4.78, 5) is 0. The van der Waals surface area contributed by atoms with Crippen molar-refractivity contribution in [2.24, 2.45) is 0 Å². The topological polar surface area (TPSA) is 0 Å². The van der Waals surface area contributed by atoms with Gasteiger partial charge in [0.05, 0.1) is 0 Å². The van der Waals surface area contributed by atoms with E-state index >= 15 is 0 Å². The molecule has 0 saturated carbocycles. The Labute approximate surface area is 85.8 Å². The molecule has 0 aliphatic heterocycles. The highest BCUT2D eigenvalue weighted by Gasteiger charge is 1.84. The molecule has 0 radical (unpaired) electrons. The molecule has 1 heterocycles. The van der Waals surface area contributed by atoms with Gasteiger partial charge < -0.3 is 0 Å². The summed E-state index contributed by atoms with van der Waals surface area (Å²) < 4.78 is 0. The molecular formula is C13H10Si. The maximum atomic E-state index is 3.30. The van der Waals surface area contributed by atoms with E-state index in [1.807, 2.05) is 36.4 Å². The zero-order valence-electron chi connectivity index (χ0n) is 7.77. The normalized spacial score (nSPS) is 8.86. The molecule has 0 fully saturated rings. The highest BCUT2D eigenvalue weighted by Crippen LogP contribution is 1.94. The molecule has 1 aromatic heterocycles. The molecule has 0 aliphatic rings. The van der Waals surface area contributed by atoms with Crippen LogP contribution in [0.3, 0.4) is 0 Å². The Morgan fingerprint density at radius 1 is 0.786 bits per heavy atom. The minimum Gasteiger partial charge on any atom is -0.0981 e. The van der Waals surface area contributed by atoms with E-state index in [0.717, 1.165) is 5.56 Å². The zero-order valence-corrected chi connectivity index (χ0v) is 8.77. The van der Waals surface area contributed by atoms with Gasteiger partial charge in [0.1, 0.15) is 8.40 Å². The van der Waals surface area contributed by atoms with Gasteiger partial charge in [-0.1, -0.05) is 59.2 Å². The van der Waals surface area contributed by atoms with Crippen LogP contribution < -0.4 is 0 Å². The van der Waals surface area contributed by atoms with E-state index in [1.54, 1.807) is 0 Å². The predicted octanol–water partition coefficient (Wildman–Crippen LogP) is 2.57. The molecule has 2 aromatic rings. The van der Waals surface area contributed by atoms with E-state index in [-0.39, 0.29) is 0 Å².